The lowest BCUT2D eigenvalue weighted by molar-refractivity contribution is 0.101. The number of para-hydroxylation sites is 1. The van der Waals surface area contributed by atoms with E-state index in [0.29, 0.717) is 10.6 Å². The number of benzene rings is 2. The van der Waals surface area contributed by atoms with Gasteiger partial charge in [-0.2, -0.15) is 0 Å². The van der Waals surface area contributed by atoms with Gasteiger partial charge in [-0.05, 0) is 19.1 Å². The SMILES string of the molecule is CC(=O)c1ccc2c(c1)[nH]c1c(Cl)cccc12. The van der Waals surface area contributed by atoms with Crippen molar-refractivity contribution < 1.29 is 4.79 Å². The van der Waals surface area contributed by atoms with Crippen LogP contribution < -0.4 is 0 Å². The number of rotatable bonds is 1. The molecule has 0 saturated carbocycles. The molecule has 3 heteroatoms. The largest absolute Gasteiger partial charge is 0.353 e. The normalized spacial score (nSPS) is 11.2. The first kappa shape index (κ1) is 10.4. The summed E-state index contributed by atoms with van der Waals surface area (Å²) < 4.78 is 0. The number of aromatic amines is 1. The number of hydrogen-bond donors (Lipinski definition) is 1. The van der Waals surface area contributed by atoms with Gasteiger partial charge in [-0.15, -0.1) is 0 Å². The summed E-state index contributed by atoms with van der Waals surface area (Å²) in [6.07, 6.45) is 0. The topological polar surface area (TPSA) is 32.9 Å². The molecular formula is C14H10ClNO. The summed E-state index contributed by atoms with van der Waals surface area (Å²) in [5.41, 5.74) is 2.57. The zero-order chi connectivity index (χ0) is 12.0. The Balaban J connectivity index is 2.43. The summed E-state index contributed by atoms with van der Waals surface area (Å²) >= 11 is 6.13. The van der Waals surface area contributed by atoms with Crippen LogP contribution in [0.4, 0.5) is 0 Å². The lowest BCUT2D eigenvalue weighted by Crippen LogP contribution is -1.90. The van der Waals surface area contributed by atoms with Crippen LogP contribution in [0.1, 0.15) is 17.3 Å². The number of Topliss-reactive ketones (excluding diaryl/α,β-unsaturated/α-hetero) is 1. The molecule has 17 heavy (non-hydrogen) atoms. The van der Waals surface area contributed by atoms with Crippen LogP contribution >= 0.6 is 11.6 Å². The molecule has 0 bridgehead atoms. The number of carbonyl (C=O) groups is 1. The van der Waals surface area contributed by atoms with Crippen LogP contribution in [-0.2, 0) is 0 Å². The highest BCUT2D eigenvalue weighted by Gasteiger charge is 2.08. The third kappa shape index (κ3) is 1.53. The number of H-pyrrole nitrogens is 1. The third-order valence-electron chi connectivity index (χ3n) is 2.99. The molecule has 0 aliphatic carbocycles. The van der Waals surface area contributed by atoms with Crippen molar-refractivity contribution in [2.45, 2.75) is 6.92 Å². The van der Waals surface area contributed by atoms with Crippen molar-refractivity contribution >= 4 is 39.2 Å². The molecule has 2 nitrogen and oxygen atoms in total. The standard InChI is InChI=1S/C14H10ClNO/c1-8(17)9-5-6-10-11-3-2-4-12(15)14(11)16-13(10)7-9/h2-7,16H,1H3. The van der Waals surface area contributed by atoms with Gasteiger partial charge in [0.15, 0.2) is 5.78 Å². The minimum atomic E-state index is 0.0663. The number of aromatic nitrogens is 1. The van der Waals surface area contributed by atoms with Crippen molar-refractivity contribution in [2.24, 2.45) is 0 Å². The van der Waals surface area contributed by atoms with Crippen LogP contribution in [0, 0.1) is 0 Å². The predicted octanol–water partition coefficient (Wildman–Crippen LogP) is 4.18. The van der Waals surface area contributed by atoms with Crippen LogP contribution in [0.25, 0.3) is 21.8 Å². The Labute approximate surface area is 103 Å². The van der Waals surface area contributed by atoms with Gasteiger partial charge in [0.2, 0.25) is 0 Å². The predicted molar refractivity (Wildman–Crippen MR) is 70.8 cm³/mol. The Morgan fingerprint density at radius 3 is 2.76 bits per heavy atom. The maximum atomic E-state index is 11.3. The fourth-order valence-electron chi connectivity index (χ4n) is 2.11. The minimum absolute atomic E-state index is 0.0663. The molecule has 84 valence electrons. The summed E-state index contributed by atoms with van der Waals surface area (Å²) in [5, 5.41) is 2.87. The van der Waals surface area contributed by atoms with Crippen LogP contribution in [0.3, 0.4) is 0 Å². The molecule has 1 aromatic heterocycles. The average molecular weight is 244 g/mol. The van der Waals surface area contributed by atoms with E-state index in [-0.39, 0.29) is 5.78 Å². The molecule has 3 aromatic rings. The summed E-state index contributed by atoms with van der Waals surface area (Å²) in [6, 6.07) is 11.5. The van der Waals surface area contributed by atoms with Gasteiger partial charge in [-0.1, -0.05) is 35.9 Å². The van der Waals surface area contributed by atoms with Crippen LogP contribution in [-0.4, -0.2) is 10.8 Å². The molecule has 0 fully saturated rings. The lowest BCUT2D eigenvalue weighted by atomic mass is 10.1. The second-order valence-electron chi connectivity index (χ2n) is 4.10. The van der Waals surface area contributed by atoms with E-state index in [9.17, 15) is 4.79 Å². The second-order valence-corrected chi connectivity index (χ2v) is 4.51. The first-order valence-corrected chi connectivity index (χ1v) is 5.75. The highest BCUT2D eigenvalue weighted by molar-refractivity contribution is 6.36. The van der Waals surface area contributed by atoms with Crippen molar-refractivity contribution in [1.82, 2.24) is 4.98 Å². The van der Waals surface area contributed by atoms with Gasteiger partial charge in [0.1, 0.15) is 0 Å². The monoisotopic (exact) mass is 243 g/mol. The number of carbonyl (C=O) groups excluding carboxylic acids is 1. The molecule has 0 amide bonds. The smallest absolute Gasteiger partial charge is 0.159 e. The fourth-order valence-corrected chi connectivity index (χ4v) is 2.33. The quantitative estimate of drug-likeness (QED) is 0.639. The Morgan fingerprint density at radius 1 is 1.18 bits per heavy atom. The second kappa shape index (κ2) is 3.60. The molecule has 1 heterocycles. The first-order chi connectivity index (χ1) is 8.16. The molecule has 0 unspecified atom stereocenters. The van der Waals surface area contributed by atoms with E-state index in [1.807, 2.05) is 36.4 Å². The maximum Gasteiger partial charge on any atom is 0.159 e. The zero-order valence-electron chi connectivity index (χ0n) is 9.25. The number of nitrogens with one attached hydrogen (secondary N) is 1. The van der Waals surface area contributed by atoms with Crippen LogP contribution in [0.2, 0.25) is 5.02 Å². The van der Waals surface area contributed by atoms with Gasteiger partial charge in [-0.25, -0.2) is 0 Å². The number of hydrogen-bond acceptors (Lipinski definition) is 1. The van der Waals surface area contributed by atoms with Crippen molar-refractivity contribution in [3.63, 3.8) is 0 Å². The van der Waals surface area contributed by atoms with E-state index >= 15 is 0 Å². The van der Waals surface area contributed by atoms with E-state index in [1.54, 1.807) is 6.92 Å². The number of ketones is 1. The van der Waals surface area contributed by atoms with Gasteiger partial charge in [0, 0.05) is 21.9 Å². The number of halogens is 1. The third-order valence-corrected chi connectivity index (χ3v) is 3.30. The van der Waals surface area contributed by atoms with Crippen molar-refractivity contribution in [1.29, 1.82) is 0 Å². The zero-order valence-corrected chi connectivity index (χ0v) is 10.0. The van der Waals surface area contributed by atoms with Gasteiger partial charge < -0.3 is 4.98 Å². The Morgan fingerprint density at radius 2 is 2.00 bits per heavy atom. The van der Waals surface area contributed by atoms with Crippen LogP contribution in [0.5, 0.6) is 0 Å². The number of fused-ring (bicyclic) bond motifs is 3. The molecule has 0 spiro atoms. The summed E-state index contributed by atoms with van der Waals surface area (Å²) in [6.45, 7) is 1.57. The summed E-state index contributed by atoms with van der Waals surface area (Å²) in [4.78, 5) is 14.6. The fraction of sp³-hybridized carbons (Fsp3) is 0.0714. The molecular weight excluding hydrogens is 234 g/mol. The summed E-state index contributed by atoms with van der Waals surface area (Å²) in [7, 11) is 0. The van der Waals surface area contributed by atoms with E-state index in [0.717, 1.165) is 21.8 Å². The van der Waals surface area contributed by atoms with Crippen LogP contribution in [0.15, 0.2) is 36.4 Å². The van der Waals surface area contributed by atoms with E-state index < -0.39 is 0 Å². The van der Waals surface area contributed by atoms with Gasteiger partial charge in [0.25, 0.3) is 0 Å². The van der Waals surface area contributed by atoms with E-state index in [4.69, 9.17) is 11.6 Å². The Kier molecular flexibility index (Phi) is 2.20. The first-order valence-electron chi connectivity index (χ1n) is 5.38. The molecule has 0 aliphatic heterocycles. The minimum Gasteiger partial charge on any atom is -0.353 e. The lowest BCUT2D eigenvalue weighted by Gasteiger charge is -1.95. The molecule has 1 N–H and O–H groups in total. The molecule has 0 aliphatic rings. The van der Waals surface area contributed by atoms with Crippen molar-refractivity contribution in [2.75, 3.05) is 0 Å². The molecule has 0 saturated heterocycles. The molecule has 0 radical (unpaired) electrons. The maximum absolute atomic E-state index is 11.3. The van der Waals surface area contributed by atoms with E-state index in [1.165, 1.54) is 0 Å². The Bertz CT molecular complexity index is 742. The molecule has 2 aromatic carbocycles. The van der Waals surface area contributed by atoms with Crippen molar-refractivity contribution in [3.05, 3.63) is 47.0 Å². The molecule has 0 atom stereocenters. The van der Waals surface area contributed by atoms with Crippen molar-refractivity contribution in [3.8, 4) is 0 Å². The Hall–Kier alpha value is -1.80. The average Bonchev–Trinajstić information content (AvgIpc) is 2.68. The van der Waals surface area contributed by atoms with Gasteiger partial charge in [0.05, 0.1) is 10.5 Å². The molecule has 3 rings (SSSR count). The van der Waals surface area contributed by atoms with Gasteiger partial charge in [-0.3, -0.25) is 4.79 Å². The highest BCUT2D eigenvalue weighted by Crippen LogP contribution is 2.30. The highest BCUT2D eigenvalue weighted by atomic mass is 35.5. The van der Waals surface area contributed by atoms with Gasteiger partial charge >= 0.3 is 0 Å². The summed E-state index contributed by atoms with van der Waals surface area (Å²) in [5.74, 6) is 0.0663. The van der Waals surface area contributed by atoms with E-state index in [2.05, 4.69) is 4.98 Å².